The molecule has 0 bridgehead atoms. The fourth-order valence-corrected chi connectivity index (χ4v) is 2.69. The maximum atomic E-state index is 13.2. The molecule has 0 aliphatic carbocycles. The molecule has 3 nitrogen and oxygen atoms in total. The highest BCUT2D eigenvalue weighted by molar-refractivity contribution is 5.78. The van der Waals surface area contributed by atoms with Crippen LogP contribution in [0.15, 0.2) is 18.2 Å². The first-order valence-electron chi connectivity index (χ1n) is 7.52. The van der Waals surface area contributed by atoms with Gasteiger partial charge in [-0.05, 0) is 50.6 Å². The molecule has 1 aliphatic heterocycles. The van der Waals surface area contributed by atoms with Crippen LogP contribution in [0.25, 0.3) is 0 Å². The van der Waals surface area contributed by atoms with Crippen molar-refractivity contribution in [2.75, 3.05) is 19.6 Å². The molecule has 1 saturated heterocycles. The Kier molecular flexibility index (Phi) is 5.67. The number of hydrogen-bond donors (Lipinski definition) is 1. The molecule has 116 valence electrons. The summed E-state index contributed by atoms with van der Waals surface area (Å²) in [4.78, 5) is 14.2. The van der Waals surface area contributed by atoms with E-state index in [4.69, 9.17) is 0 Å². The minimum atomic E-state index is -0.626. The third-order valence-electron chi connectivity index (χ3n) is 3.83. The number of likely N-dealkylation sites (tertiary alicyclic amines) is 1. The Labute approximate surface area is 124 Å². The van der Waals surface area contributed by atoms with Crippen molar-refractivity contribution in [2.24, 2.45) is 0 Å². The van der Waals surface area contributed by atoms with Crippen LogP contribution in [0.2, 0.25) is 0 Å². The Morgan fingerprint density at radius 2 is 1.71 bits per heavy atom. The van der Waals surface area contributed by atoms with Crippen LogP contribution in [0.1, 0.15) is 44.2 Å². The molecule has 0 saturated carbocycles. The van der Waals surface area contributed by atoms with Gasteiger partial charge >= 0.3 is 0 Å². The number of nitrogens with zero attached hydrogens (tertiary/aromatic N) is 1. The van der Waals surface area contributed by atoms with Gasteiger partial charge in [0.2, 0.25) is 5.91 Å². The van der Waals surface area contributed by atoms with Crippen molar-refractivity contribution < 1.29 is 13.6 Å². The zero-order valence-electron chi connectivity index (χ0n) is 12.4. The van der Waals surface area contributed by atoms with Crippen LogP contribution >= 0.6 is 0 Å². The highest BCUT2D eigenvalue weighted by atomic mass is 19.1. The summed E-state index contributed by atoms with van der Waals surface area (Å²) >= 11 is 0. The van der Waals surface area contributed by atoms with Crippen molar-refractivity contribution in [2.45, 2.75) is 38.6 Å². The summed E-state index contributed by atoms with van der Waals surface area (Å²) in [5.41, 5.74) is 0.441. The molecule has 1 fully saturated rings. The highest BCUT2D eigenvalue weighted by Crippen LogP contribution is 2.16. The summed E-state index contributed by atoms with van der Waals surface area (Å²) in [5.74, 6) is -1.36. The summed E-state index contributed by atoms with van der Waals surface area (Å²) in [5, 5.41) is 2.80. The largest absolute Gasteiger partial charge is 0.348 e. The van der Waals surface area contributed by atoms with E-state index in [-0.39, 0.29) is 5.91 Å². The van der Waals surface area contributed by atoms with E-state index >= 15 is 0 Å². The van der Waals surface area contributed by atoms with Gasteiger partial charge in [0.05, 0.1) is 12.6 Å². The lowest BCUT2D eigenvalue weighted by atomic mass is 10.1. The predicted molar refractivity (Wildman–Crippen MR) is 77.8 cm³/mol. The normalized spacial score (nSPS) is 18.0. The lowest BCUT2D eigenvalue weighted by Crippen LogP contribution is -2.38. The topological polar surface area (TPSA) is 32.3 Å². The van der Waals surface area contributed by atoms with Gasteiger partial charge in [-0.2, -0.15) is 0 Å². The number of hydrogen-bond acceptors (Lipinski definition) is 2. The van der Waals surface area contributed by atoms with Crippen LogP contribution in [0.3, 0.4) is 0 Å². The summed E-state index contributed by atoms with van der Waals surface area (Å²) < 4.78 is 26.4. The zero-order valence-corrected chi connectivity index (χ0v) is 12.4. The number of nitrogens with one attached hydrogen (secondary N) is 1. The van der Waals surface area contributed by atoms with Crippen molar-refractivity contribution in [3.63, 3.8) is 0 Å². The van der Waals surface area contributed by atoms with Gasteiger partial charge in [-0.3, -0.25) is 9.69 Å². The first-order chi connectivity index (χ1) is 10.0. The molecular weight excluding hydrogens is 274 g/mol. The maximum Gasteiger partial charge on any atom is 0.234 e. The molecule has 1 aliphatic rings. The molecule has 1 N–H and O–H groups in total. The molecule has 1 aromatic carbocycles. The van der Waals surface area contributed by atoms with Crippen LogP contribution in [-0.4, -0.2) is 30.4 Å². The quantitative estimate of drug-likeness (QED) is 0.926. The average Bonchev–Trinajstić information content (AvgIpc) is 2.66. The summed E-state index contributed by atoms with van der Waals surface area (Å²) in [6, 6.07) is 2.92. The molecule has 0 spiro atoms. The first-order valence-corrected chi connectivity index (χ1v) is 7.52. The minimum Gasteiger partial charge on any atom is -0.348 e. The molecule has 21 heavy (non-hydrogen) atoms. The summed E-state index contributed by atoms with van der Waals surface area (Å²) in [7, 11) is 0. The van der Waals surface area contributed by atoms with Gasteiger partial charge in [-0.25, -0.2) is 8.78 Å². The van der Waals surface area contributed by atoms with Crippen molar-refractivity contribution in [1.82, 2.24) is 10.2 Å². The third-order valence-corrected chi connectivity index (χ3v) is 3.83. The van der Waals surface area contributed by atoms with Gasteiger partial charge in [0, 0.05) is 6.07 Å². The van der Waals surface area contributed by atoms with E-state index < -0.39 is 17.7 Å². The lowest BCUT2D eigenvalue weighted by Gasteiger charge is -2.21. The van der Waals surface area contributed by atoms with E-state index in [2.05, 4.69) is 10.2 Å². The Bertz CT molecular complexity index is 465. The molecule has 1 unspecified atom stereocenters. The van der Waals surface area contributed by atoms with Crippen LogP contribution in [0.4, 0.5) is 8.78 Å². The van der Waals surface area contributed by atoms with Crippen LogP contribution in [0, 0.1) is 11.6 Å². The fourth-order valence-electron chi connectivity index (χ4n) is 2.69. The maximum absolute atomic E-state index is 13.2. The Balaban J connectivity index is 1.89. The zero-order chi connectivity index (χ0) is 15.2. The third kappa shape index (κ3) is 5.08. The van der Waals surface area contributed by atoms with Crippen molar-refractivity contribution in [1.29, 1.82) is 0 Å². The number of amides is 1. The summed E-state index contributed by atoms with van der Waals surface area (Å²) in [6.45, 7) is 3.96. The SMILES string of the molecule is CC(NC(=O)CN1CCCCCC1)c1cc(F)cc(F)c1. The average molecular weight is 296 g/mol. The van der Waals surface area contributed by atoms with Crippen LogP contribution in [-0.2, 0) is 4.79 Å². The second kappa shape index (κ2) is 7.50. The molecule has 2 rings (SSSR count). The summed E-state index contributed by atoms with van der Waals surface area (Å²) in [6.07, 6.45) is 4.68. The Morgan fingerprint density at radius 3 is 2.29 bits per heavy atom. The predicted octanol–water partition coefficient (Wildman–Crippen LogP) is 3.02. The molecule has 1 aromatic rings. The molecule has 0 radical (unpaired) electrons. The lowest BCUT2D eigenvalue weighted by molar-refractivity contribution is -0.122. The molecule has 0 aromatic heterocycles. The monoisotopic (exact) mass is 296 g/mol. The van der Waals surface area contributed by atoms with E-state index in [0.717, 1.165) is 32.0 Å². The smallest absolute Gasteiger partial charge is 0.234 e. The minimum absolute atomic E-state index is 0.103. The van der Waals surface area contributed by atoms with Gasteiger partial charge in [0.1, 0.15) is 11.6 Å². The second-order valence-electron chi connectivity index (χ2n) is 5.68. The van der Waals surface area contributed by atoms with Crippen molar-refractivity contribution >= 4 is 5.91 Å². The highest BCUT2D eigenvalue weighted by Gasteiger charge is 2.16. The van der Waals surface area contributed by atoms with Crippen molar-refractivity contribution in [3.05, 3.63) is 35.4 Å². The van der Waals surface area contributed by atoms with Gasteiger partial charge in [0.15, 0.2) is 0 Å². The van der Waals surface area contributed by atoms with E-state index in [0.29, 0.717) is 12.1 Å². The molecule has 1 atom stereocenters. The molecule has 1 heterocycles. The van der Waals surface area contributed by atoms with E-state index in [1.54, 1.807) is 6.92 Å². The van der Waals surface area contributed by atoms with Crippen molar-refractivity contribution in [3.8, 4) is 0 Å². The Morgan fingerprint density at radius 1 is 1.14 bits per heavy atom. The number of carbonyl (C=O) groups excluding carboxylic acids is 1. The van der Waals surface area contributed by atoms with E-state index in [1.807, 2.05) is 0 Å². The number of rotatable bonds is 4. The van der Waals surface area contributed by atoms with E-state index in [1.165, 1.54) is 25.0 Å². The Hall–Kier alpha value is -1.49. The number of carbonyl (C=O) groups is 1. The van der Waals surface area contributed by atoms with Crippen LogP contribution in [0.5, 0.6) is 0 Å². The van der Waals surface area contributed by atoms with Gasteiger partial charge < -0.3 is 5.32 Å². The molecule has 5 heteroatoms. The van der Waals surface area contributed by atoms with Gasteiger partial charge in [0.25, 0.3) is 0 Å². The standard InChI is InChI=1S/C16H22F2N2O/c1-12(13-8-14(17)10-15(18)9-13)19-16(21)11-20-6-4-2-3-5-7-20/h8-10,12H,2-7,11H2,1H3,(H,19,21). The molecular formula is C16H22F2N2O. The number of benzene rings is 1. The van der Waals surface area contributed by atoms with Gasteiger partial charge in [-0.1, -0.05) is 12.8 Å². The fraction of sp³-hybridized carbons (Fsp3) is 0.562. The first kappa shape index (κ1) is 15.9. The van der Waals surface area contributed by atoms with Crippen LogP contribution < -0.4 is 5.32 Å². The second-order valence-corrected chi connectivity index (χ2v) is 5.68. The van der Waals surface area contributed by atoms with E-state index in [9.17, 15) is 13.6 Å². The van der Waals surface area contributed by atoms with Gasteiger partial charge in [-0.15, -0.1) is 0 Å². The number of halogens is 2. The molecule has 1 amide bonds.